The highest BCUT2D eigenvalue weighted by atomic mass is 16.3. The number of carbonyl (C=O) groups excluding carboxylic acids is 1. The van der Waals surface area contributed by atoms with Crippen LogP contribution in [0.25, 0.3) is 0 Å². The average molecular weight is 196 g/mol. The fourth-order valence-electron chi connectivity index (χ4n) is 1.83. The first-order valence-electron chi connectivity index (χ1n) is 5.01. The van der Waals surface area contributed by atoms with Crippen molar-refractivity contribution in [3.8, 4) is 6.07 Å². The van der Waals surface area contributed by atoms with Crippen molar-refractivity contribution in [2.24, 2.45) is 5.92 Å². The van der Waals surface area contributed by atoms with Crippen LogP contribution in [0, 0.1) is 17.2 Å². The Labute approximate surface area is 84.1 Å². The molecule has 1 aliphatic heterocycles. The molecule has 0 aromatic heterocycles. The lowest BCUT2D eigenvalue weighted by molar-refractivity contribution is -0.133. The van der Waals surface area contributed by atoms with E-state index in [-0.39, 0.29) is 24.3 Å². The van der Waals surface area contributed by atoms with Crippen LogP contribution in [0.15, 0.2) is 0 Å². The van der Waals surface area contributed by atoms with Crippen LogP contribution in [-0.4, -0.2) is 35.1 Å². The highest BCUT2D eigenvalue weighted by Crippen LogP contribution is 2.20. The quantitative estimate of drug-likeness (QED) is 0.700. The topological polar surface area (TPSA) is 64.3 Å². The van der Waals surface area contributed by atoms with Crippen LogP contribution < -0.4 is 0 Å². The lowest BCUT2D eigenvalue weighted by Crippen LogP contribution is -2.45. The van der Waals surface area contributed by atoms with E-state index >= 15 is 0 Å². The first-order chi connectivity index (χ1) is 6.69. The maximum absolute atomic E-state index is 11.4. The summed E-state index contributed by atoms with van der Waals surface area (Å²) >= 11 is 0. The Kier molecular flexibility index (Phi) is 3.90. The smallest absolute Gasteiger partial charge is 0.236 e. The number of rotatable bonds is 2. The molecule has 78 valence electrons. The van der Waals surface area contributed by atoms with E-state index in [0.29, 0.717) is 19.5 Å². The molecule has 14 heavy (non-hydrogen) atoms. The Morgan fingerprint density at radius 3 is 3.00 bits per heavy atom. The predicted molar refractivity (Wildman–Crippen MR) is 51.2 cm³/mol. The first kappa shape index (κ1) is 11.0. The molecule has 0 spiro atoms. The molecule has 1 aliphatic rings. The molecule has 1 amide bonds. The van der Waals surface area contributed by atoms with Crippen molar-refractivity contribution in [1.82, 2.24) is 4.90 Å². The number of nitrogens with zero attached hydrogens (tertiary/aromatic N) is 2. The molecular formula is C10H16N2O2. The molecular weight excluding hydrogens is 180 g/mol. The van der Waals surface area contributed by atoms with Crippen molar-refractivity contribution in [3.05, 3.63) is 0 Å². The van der Waals surface area contributed by atoms with Gasteiger partial charge in [0, 0.05) is 19.0 Å². The Morgan fingerprint density at radius 2 is 2.43 bits per heavy atom. The number of amides is 1. The van der Waals surface area contributed by atoms with Crippen LogP contribution >= 0.6 is 0 Å². The van der Waals surface area contributed by atoms with Gasteiger partial charge >= 0.3 is 0 Å². The van der Waals surface area contributed by atoms with Gasteiger partial charge in [0.05, 0.1) is 12.2 Å². The fraction of sp³-hybridized carbons (Fsp3) is 0.800. The van der Waals surface area contributed by atoms with E-state index in [2.05, 4.69) is 0 Å². The Hall–Kier alpha value is -1.08. The number of hydrogen-bond acceptors (Lipinski definition) is 3. The highest BCUT2D eigenvalue weighted by Gasteiger charge is 2.28. The van der Waals surface area contributed by atoms with Gasteiger partial charge in [-0.25, -0.2) is 0 Å². The van der Waals surface area contributed by atoms with Crippen LogP contribution in [0.5, 0.6) is 0 Å². The molecule has 0 bridgehead atoms. The second-order valence-corrected chi connectivity index (χ2v) is 3.70. The molecule has 0 saturated carbocycles. The predicted octanol–water partition coefficient (Wildman–Crippen LogP) is 0.519. The zero-order chi connectivity index (χ0) is 10.6. The summed E-state index contributed by atoms with van der Waals surface area (Å²) in [4.78, 5) is 13.1. The van der Waals surface area contributed by atoms with Crippen molar-refractivity contribution in [2.75, 3.05) is 13.1 Å². The van der Waals surface area contributed by atoms with E-state index in [4.69, 9.17) is 5.26 Å². The van der Waals surface area contributed by atoms with Crippen LogP contribution in [0.3, 0.4) is 0 Å². The third-order valence-corrected chi connectivity index (χ3v) is 2.80. The number of carbonyl (C=O) groups is 1. The number of piperidine rings is 1. The summed E-state index contributed by atoms with van der Waals surface area (Å²) in [7, 11) is 0. The van der Waals surface area contributed by atoms with Crippen molar-refractivity contribution >= 4 is 5.91 Å². The van der Waals surface area contributed by atoms with Gasteiger partial charge in [0.1, 0.15) is 6.42 Å². The zero-order valence-corrected chi connectivity index (χ0v) is 8.44. The molecule has 0 aliphatic carbocycles. The zero-order valence-electron chi connectivity index (χ0n) is 8.44. The Morgan fingerprint density at radius 1 is 1.71 bits per heavy atom. The molecule has 0 aromatic rings. The number of hydrogen-bond donors (Lipinski definition) is 1. The standard InChI is InChI=1S/C10H16N2O2/c1-2-8-7-12(6-4-9(8)13)10(14)3-5-11/h8-9,13H,2-4,6-7H2,1H3/t8-,9+/m0/s1. The lowest BCUT2D eigenvalue weighted by Gasteiger charge is -2.35. The molecule has 0 unspecified atom stereocenters. The maximum Gasteiger partial charge on any atom is 0.236 e. The van der Waals surface area contributed by atoms with Gasteiger partial charge in [-0.1, -0.05) is 6.92 Å². The summed E-state index contributed by atoms with van der Waals surface area (Å²) in [5.74, 6) is 0.0595. The molecule has 1 N–H and O–H groups in total. The SMILES string of the molecule is CC[C@H]1CN(C(=O)CC#N)CC[C@H]1O. The summed E-state index contributed by atoms with van der Waals surface area (Å²) in [6.45, 7) is 3.18. The van der Waals surface area contributed by atoms with E-state index < -0.39 is 0 Å². The molecule has 4 heteroatoms. The van der Waals surface area contributed by atoms with E-state index in [1.165, 1.54) is 0 Å². The minimum absolute atomic E-state index is 0.0491. The third-order valence-electron chi connectivity index (χ3n) is 2.80. The molecule has 1 saturated heterocycles. The fourth-order valence-corrected chi connectivity index (χ4v) is 1.83. The summed E-state index contributed by atoms with van der Waals surface area (Å²) < 4.78 is 0. The summed E-state index contributed by atoms with van der Waals surface area (Å²) in [6, 6.07) is 1.86. The monoisotopic (exact) mass is 196 g/mol. The summed E-state index contributed by atoms with van der Waals surface area (Å²) in [5, 5.41) is 18.0. The van der Waals surface area contributed by atoms with Crippen LogP contribution in [0.4, 0.5) is 0 Å². The van der Waals surface area contributed by atoms with Gasteiger partial charge in [-0.3, -0.25) is 4.79 Å². The summed E-state index contributed by atoms with van der Waals surface area (Å²) in [5.41, 5.74) is 0. The Balaban J connectivity index is 2.50. The van der Waals surface area contributed by atoms with Crippen molar-refractivity contribution in [3.63, 3.8) is 0 Å². The van der Waals surface area contributed by atoms with Crippen molar-refractivity contribution in [2.45, 2.75) is 32.3 Å². The Bertz CT molecular complexity index is 247. The van der Waals surface area contributed by atoms with Crippen molar-refractivity contribution < 1.29 is 9.90 Å². The van der Waals surface area contributed by atoms with Gasteiger partial charge in [0.15, 0.2) is 0 Å². The van der Waals surface area contributed by atoms with Gasteiger partial charge < -0.3 is 10.0 Å². The van der Waals surface area contributed by atoms with Gasteiger partial charge in [-0.05, 0) is 12.8 Å². The molecule has 0 radical (unpaired) electrons. The number of aliphatic hydroxyl groups is 1. The number of likely N-dealkylation sites (tertiary alicyclic amines) is 1. The average Bonchev–Trinajstić information content (AvgIpc) is 2.19. The minimum Gasteiger partial charge on any atom is -0.393 e. The van der Waals surface area contributed by atoms with Crippen molar-refractivity contribution in [1.29, 1.82) is 5.26 Å². The second kappa shape index (κ2) is 4.97. The molecule has 1 heterocycles. The third kappa shape index (κ3) is 2.46. The van der Waals surface area contributed by atoms with Gasteiger partial charge in [0.25, 0.3) is 0 Å². The first-order valence-corrected chi connectivity index (χ1v) is 5.01. The highest BCUT2D eigenvalue weighted by molar-refractivity contribution is 5.78. The van der Waals surface area contributed by atoms with E-state index in [1.54, 1.807) is 4.90 Å². The van der Waals surface area contributed by atoms with E-state index in [9.17, 15) is 9.90 Å². The molecule has 0 aromatic carbocycles. The lowest BCUT2D eigenvalue weighted by atomic mass is 9.92. The minimum atomic E-state index is -0.286. The van der Waals surface area contributed by atoms with E-state index in [0.717, 1.165) is 6.42 Å². The second-order valence-electron chi connectivity index (χ2n) is 3.70. The summed E-state index contributed by atoms with van der Waals surface area (Å²) in [6.07, 6.45) is 1.17. The van der Waals surface area contributed by atoms with E-state index in [1.807, 2.05) is 13.0 Å². The van der Waals surface area contributed by atoms with Crippen LogP contribution in [0.1, 0.15) is 26.2 Å². The molecule has 2 atom stereocenters. The van der Waals surface area contributed by atoms with Crippen LogP contribution in [0.2, 0.25) is 0 Å². The molecule has 4 nitrogen and oxygen atoms in total. The van der Waals surface area contributed by atoms with Gasteiger partial charge in [-0.15, -0.1) is 0 Å². The van der Waals surface area contributed by atoms with Crippen LogP contribution in [-0.2, 0) is 4.79 Å². The van der Waals surface area contributed by atoms with Gasteiger partial charge in [-0.2, -0.15) is 5.26 Å². The number of aliphatic hydroxyl groups excluding tert-OH is 1. The molecule has 1 fully saturated rings. The normalized spacial score (nSPS) is 27.1. The molecule has 1 rings (SSSR count). The maximum atomic E-state index is 11.4. The van der Waals surface area contributed by atoms with Gasteiger partial charge in [0.2, 0.25) is 5.91 Å². The largest absolute Gasteiger partial charge is 0.393 e. The number of nitriles is 1.